The molecule has 0 radical (unpaired) electrons. The van der Waals surface area contributed by atoms with Gasteiger partial charge in [0, 0.05) is 15.7 Å². The van der Waals surface area contributed by atoms with Crippen LogP contribution in [0.1, 0.15) is 6.92 Å². The Balaban J connectivity index is 1.59. The van der Waals surface area contributed by atoms with Gasteiger partial charge in [0.05, 0.1) is 11.7 Å². The van der Waals surface area contributed by atoms with Crippen LogP contribution in [0.3, 0.4) is 0 Å². The van der Waals surface area contributed by atoms with E-state index in [9.17, 15) is 18.0 Å². The normalized spacial score (nSPS) is 12.5. The fraction of sp³-hybridized carbons (Fsp3) is 0.176. The van der Waals surface area contributed by atoms with E-state index in [0.717, 1.165) is 11.7 Å². The molecule has 3 aromatic rings. The topological polar surface area (TPSA) is 127 Å². The second kappa shape index (κ2) is 9.23. The van der Waals surface area contributed by atoms with Crippen LogP contribution in [0.5, 0.6) is 0 Å². The molecule has 1 unspecified atom stereocenters. The van der Waals surface area contributed by atoms with Crippen LogP contribution >= 0.6 is 34.9 Å². The summed E-state index contributed by atoms with van der Waals surface area (Å²) in [7, 11) is -4.07. The van der Waals surface area contributed by atoms with Crippen molar-refractivity contribution in [3.05, 3.63) is 46.4 Å². The Kier molecular flexibility index (Phi) is 6.88. The maximum absolute atomic E-state index is 12.6. The predicted molar refractivity (Wildman–Crippen MR) is 113 cm³/mol. The fourth-order valence-corrected chi connectivity index (χ4v) is 4.91. The summed E-state index contributed by atoms with van der Waals surface area (Å²) in [5, 5.41) is 3.12. The number of esters is 1. The number of nitrogens with one attached hydrogen (secondary N) is 2. The summed E-state index contributed by atoms with van der Waals surface area (Å²) in [5.41, 5.74) is 0.957. The van der Waals surface area contributed by atoms with E-state index in [1.807, 2.05) is 0 Å². The zero-order chi connectivity index (χ0) is 21.9. The summed E-state index contributed by atoms with van der Waals surface area (Å²) in [6, 6.07) is 7.69. The number of hydrogen-bond donors (Lipinski definition) is 2. The molecule has 13 heteroatoms. The molecule has 2 aromatic carbocycles. The van der Waals surface area contributed by atoms with Crippen molar-refractivity contribution in [1.29, 1.82) is 0 Å². The van der Waals surface area contributed by atoms with E-state index in [1.165, 1.54) is 37.3 Å². The molecule has 1 amide bonds. The lowest BCUT2D eigenvalue weighted by Gasteiger charge is -2.14. The lowest BCUT2D eigenvalue weighted by molar-refractivity contribution is -0.148. The molecule has 3 rings (SSSR count). The van der Waals surface area contributed by atoms with Crippen molar-refractivity contribution < 1.29 is 22.7 Å². The summed E-state index contributed by atoms with van der Waals surface area (Å²) < 4.78 is 40.3. The minimum atomic E-state index is -4.07. The summed E-state index contributed by atoms with van der Waals surface area (Å²) in [4.78, 5) is 24.0. The Labute approximate surface area is 185 Å². The number of amides is 1. The number of nitrogens with zero attached hydrogens (tertiary/aromatic N) is 2. The van der Waals surface area contributed by atoms with Gasteiger partial charge in [-0.15, -0.1) is 0 Å². The van der Waals surface area contributed by atoms with Crippen LogP contribution in [0.25, 0.3) is 11.0 Å². The second-order valence-electron chi connectivity index (χ2n) is 6.05. The van der Waals surface area contributed by atoms with E-state index < -0.39 is 34.5 Å². The van der Waals surface area contributed by atoms with Crippen molar-refractivity contribution in [2.24, 2.45) is 0 Å². The molecule has 1 aromatic heterocycles. The largest absolute Gasteiger partial charge is 0.454 e. The Bertz CT molecular complexity index is 1200. The van der Waals surface area contributed by atoms with Gasteiger partial charge in [0.25, 0.3) is 5.91 Å². The van der Waals surface area contributed by atoms with Gasteiger partial charge in [0.1, 0.15) is 22.0 Å². The van der Waals surface area contributed by atoms with Crippen LogP contribution in [0.15, 0.2) is 41.3 Å². The van der Waals surface area contributed by atoms with Crippen molar-refractivity contribution in [2.75, 3.05) is 11.9 Å². The highest BCUT2D eigenvalue weighted by Gasteiger charge is 2.26. The van der Waals surface area contributed by atoms with Gasteiger partial charge < -0.3 is 10.1 Å². The van der Waals surface area contributed by atoms with Crippen molar-refractivity contribution in [2.45, 2.75) is 17.9 Å². The van der Waals surface area contributed by atoms with E-state index in [-0.39, 0.29) is 10.4 Å². The molecule has 2 N–H and O–H groups in total. The van der Waals surface area contributed by atoms with Gasteiger partial charge in [0.15, 0.2) is 6.61 Å². The number of fused-ring (bicyclic) bond motifs is 1. The first kappa shape index (κ1) is 22.4. The molecule has 0 aliphatic heterocycles. The zero-order valence-electron chi connectivity index (χ0n) is 15.3. The highest BCUT2D eigenvalue weighted by molar-refractivity contribution is 7.89. The van der Waals surface area contributed by atoms with Gasteiger partial charge in [-0.2, -0.15) is 13.5 Å². The highest BCUT2D eigenvalue weighted by atomic mass is 35.5. The lowest BCUT2D eigenvalue weighted by Crippen LogP contribution is -2.40. The quantitative estimate of drug-likeness (QED) is 0.489. The van der Waals surface area contributed by atoms with Crippen molar-refractivity contribution in [3.8, 4) is 0 Å². The van der Waals surface area contributed by atoms with E-state index in [2.05, 4.69) is 18.8 Å². The average Bonchev–Trinajstić information content (AvgIpc) is 3.13. The molecule has 1 atom stereocenters. The number of rotatable bonds is 7. The molecular weight excluding hydrogens is 475 g/mol. The van der Waals surface area contributed by atoms with Crippen molar-refractivity contribution in [1.82, 2.24) is 13.5 Å². The van der Waals surface area contributed by atoms with Crippen LogP contribution in [-0.4, -0.2) is 41.7 Å². The first-order chi connectivity index (χ1) is 14.2. The summed E-state index contributed by atoms with van der Waals surface area (Å²) >= 11 is 12.6. The van der Waals surface area contributed by atoms with Crippen LogP contribution < -0.4 is 10.0 Å². The van der Waals surface area contributed by atoms with Crippen molar-refractivity contribution >= 4 is 73.6 Å². The van der Waals surface area contributed by atoms with Gasteiger partial charge >= 0.3 is 5.97 Å². The molecule has 0 aliphatic rings. The molecule has 158 valence electrons. The molecule has 0 fully saturated rings. The van der Waals surface area contributed by atoms with Gasteiger partial charge in [-0.3, -0.25) is 9.59 Å². The van der Waals surface area contributed by atoms with Crippen LogP contribution in [0, 0.1) is 0 Å². The number of hydrogen-bond acceptors (Lipinski definition) is 8. The van der Waals surface area contributed by atoms with Gasteiger partial charge in [-0.05, 0) is 37.3 Å². The Morgan fingerprint density at radius 1 is 1.17 bits per heavy atom. The molecule has 0 bridgehead atoms. The monoisotopic (exact) mass is 488 g/mol. The van der Waals surface area contributed by atoms with Crippen LogP contribution in [0.2, 0.25) is 10.0 Å². The number of sulfonamides is 1. The van der Waals surface area contributed by atoms with E-state index in [0.29, 0.717) is 21.2 Å². The summed E-state index contributed by atoms with van der Waals surface area (Å²) in [6.45, 7) is 0.675. The van der Waals surface area contributed by atoms with Crippen LogP contribution in [-0.2, 0) is 24.3 Å². The van der Waals surface area contributed by atoms with Gasteiger partial charge in [-0.1, -0.05) is 29.3 Å². The third-order valence-corrected chi connectivity index (χ3v) is 6.27. The lowest BCUT2D eigenvalue weighted by atomic mass is 10.3. The van der Waals surface area contributed by atoms with Gasteiger partial charge in [-0.25, -0.2) is 8.42 Å². The smallest absolute Gasteiger partial charge is 0.324 e. The molecule has 0 saturated heterocycles. The number of aromatic nitrogens is 2. The summed E-state index contributed by atoms with van der Waals surface area (Å²) in [5.74, 6) is -1.57. The Morgan fingerprint density at radius 2 is 1.87 bits per heavy atom. The van der Waals surface area contributed by atoms with E-state index in [4.69, 9.17) is 27.9 Å². The average molecular weight is 489 g/mol. The third-order valence-electron chi connectivity index (χ3n) is 3.72. The minimum absolute atomic E-state index is 0.107. The minimum Gasteiger partial charge on any atom is -0.454 e. The van der Waals surface area contributed by atoms with Crippen LogP contribution in [0.4, 0.5) is 5.69 Å². The van der Waals surface area contributed by atoms with E-state index in [1.54, 1.807) is 6.07 Å². The number of carbonyl (C=O) groups is 2. The van der Waals surface area contributed by atoms with Crippen molar-refractivity contribution in [3.63, 3.8) is 0 Å². The maximum atomic E-state index is 12.6. The number of carbonyl (C=O) groups excluding carboxylic acids is 2. The van der Waals surface area contributed by atoms with Gasteiger partial charge in [0.2, 0.25) is 10.0 Å². The number of benzene rings is 2. The standard InChI is InChI=1S/C17H14Cl2N4O5S2/c1-9(23-30(26,27)14-4-2-3-13-16(14)22-29-21-13)17(25)28-8-15(24)20-12-6-10(18)5-11(19)7-12/h2-7,9,23H,8H2,1H3,(H,20,24). The summed E-state index contributed by atoms with van der Waals surface area (Å²) in [6.07, 6.45) is 0. The highest BCUT2D eigenvalue weighted by Crippen LogP contribution is 2.23. The molecule has 0 saturated carbocycles. The first-order valence-corrected chi connectivity index (χ1v) is 11.3. The molecule has 30 heavy (non-hydrogen) atoms. The molecule has 0 spiro atoms. The first-order valence-electron chi connectivity index (χ1n) is 8.32. The number of halogens is 2. The Morgan fingerprint density at radius 3 is 2.57 bits per heavy atom. The molecule has 1 heterocycles. The molecule has 9 nitrogen and oxygen atoms in total. The Hall–Kier alpha value is -2.31. The van der Waals surface area contributed by atoms with E-state index >= 15 is 0 Å². The maximum Gasteiger partial charge on any atom is 0.324 e. The molecule has 0 aliphatic carbocycles. The fourth-order valence-electron chi connectivity index (χ4n) is 2.43. The third kappa shape index (κ3) is 5.43. The number of ether oxygens (including phenoxy) is 1. The SMILES string of the molecule is CC(NS(=O)(=O)c1cccc2nsnc12)C(=O)OCC(=O)Nc1cc(Cl)cc(Cl)c1. The zero-order valence-corrected chi connectivity index (χ0v) is 18.4. The molecular formula is C17H14Cl2N4O5S2. The number of anilines is 1. The predicted octanol–water partition coefficient (Wildman–Crippen LogP) is 2.85. The second-order valence-corrected chi connectivity index (χ2v) is 9.13.